The highest BCUT2D eigenvalue weighted by Crippen LogP contribution is 2.36. The number of sulfonamides is 1. The van der Waals surface area contributed by atoms with Gasteiger partial charge < -0.3 is 9.84 Å². The highest BCUT2D eigenvalue weighted by molar-refractivity contribution is 7.89. The van der Waals surface area contributed by atoms with Crippen molar-refractivity contribution in [3.8, 4) is 16.9 Å². The van der Waals surface area contributed by atoms with Crippen LogP contribution < -0.4 is 9.88 Å². The number of carboxylic acid groups (broad SMARTS) is 1. The van der Waals surface area contributed by atoms with Gasteiger partial charge in [-0.2, -0.15) is 0 Å². The molecule has 0 unspecified atom stereocenters. The van der Waals surface area contributed by atoms with Crippen LogP contribution in [0.3, 0.4) is 0 Å². The van der Waals surface area contributed by atoms with E-state index in [1.807, 2.05) is 0 Å². The number of nitrogens with two attached hydrogens (primary N) is 1. The summed E-state index contributed by atoms with van der Waals surface area (Å²) < 4.78 is 64.0. The summed E-state index contributed by atoms with van der Waals surface area (Å²) in [6.07, 6.45) is -4.97. The third kappa shape index (κ3) is 4.03. The number of primary sulfonamides is 1. The van der Waals surface area contributed by atoms with Crippen LogP contribution in [0.1, 0.15) is 10.4 Å². The number of halogens is 3. The fraction of sp³-hybridized carbons (Fsp3) is 0.0714. The Bertz CT molecular complexity index is 894. The largest absolute Gasteiger partial charge is 0.573 e. The molecule has 0 aromatic heterocycles. The van der Waals surface area contributed by atoms with Crippen molar-refractivity contribution in [3.05, 3.63) is 48.0 Å². The molecule has 3 N–H and O–H groups in total. The minimum Gasteiger partial charge on any atom is -0.478 e. The summed E-state index contributed by atoms with van der Waals surface area (Å²) in [7, 11) is -4.17. The number of hydrogen-bond acceptors (Lipinski definition) is 4. The van der Waals surface area contributed by atoms with E-state index in [0.29, 0.717) is 0 Å². The summed E-state index contributed by atoms with van der Waals surface area (Å²) in [6.45, 7) is 0. The van der Waals surface area contributed by atoms with Crippen LogP contribution >= 0.6 is 0 Å². The van der Waals surface area contributed by atoms with Gasteiger partial charge in [0.1, 0.15) is 5.75 Å². The zero-order valence-electron chi connectivity index (χ0n) is 11.7. The van der Waals surface area contributed by atoms with E-state index < -0.39 is 38.6 Å². The smallest absolute Gasteiger partial charge is 0.478 e. The topological polar surface area (TPSA) is 107 Å². The fourth-order valence-corrected chi connectivity index (χ4v) is 2.55. The Morgan fingerprint density at radius 1 is 1.08 bits per heavy atom. The summed E-state index contributed by atoms with van der Waals surface area (Å²) in [5, 5.41) is 14.2. The van der Waals surface area contributed by atoms with Crippen LogP contribution in [0.4, 0.5) is 13.2 Å². The average Bonchev–Trinajstić information content (AvgIpc) is 2.44. The van der Waals surface area contributed by atoms with Crippen LogP contribution in [-0.2, 0) is 10.0 Å². The van der Waals surface area contributed by atoms with Crippen molar-refractivity contribution < 1.29 is 36.2 Å². The third-order valence-electron chi connectivity index (χ3n) is 2.95. The van der Waals surface area contributed by atoms with Crippen molar-refractivity contribution in [2.75, 3.05) is 0 Å². The lowest BCUT2D eigenvalue weighted by molar-refractivity contribution is -0.274. The average molecular weight is 361 g/mol. The monoisotopic (exact) mass is 361 g/mol. The number of carbonyl (C=O) groups is 1. The van der Waals surface area contributed by atoms with Crippen LogP contribution in [0, 0.1) is 0 Å². The zero-order valence-corrected chi connectivity index (χ0v) is 12.6. The van der Waals surface area contributed by atoms with Gasteiger partial charge in [0.05, 0.1) is 10.5 Å². The number of carboxylic acids is 1. The Hall–Kier alpha value is -2.59. The minimum atomic E-state index is -4.97. The van der Waals surface area contributed by atoms with Gasteiger partial charge in [-0.1, -0.05) is 24.3 Å². The molecule has 2 aromatic rings. The van der Waals surface area contributed by atoms with Crippen molar-refractivity contribution >= 4 is 16.0 Å². The number of hydrogen-bond donors (Lipinski definition) is 2. The molecule has 10 heteroatoms. The predicted octanol–water partition coefficient (Wildman–Crippen LogP) is 2.60. The Morgan fingerprint density at radius 2 is 1.71 bits per heavy atom. The number of alkyl halides is 3. The predicted molar refractivity (Wildman–Crippen MR) is 76.9 cm³/mol. The molecule has 0 amide bonds. The summed E-state index contributed by atoms with van der Waals surface area (Å²) in [6, 6.07) is 7.74. The minimum absolute atomic E-state index is 0.144. The maximum Gasteiger partial charge on any atom is 0.573 e. The molecule has 0 atom stereocenters. The second kappa shape index (κ2) is 6.13. The SMILES string of the molecule is NS(=O)(=O)c1ccc(-c2ccccc2OC(F)(F)F)c(C(=O)O)c1. The van der Waals surface area contributed by atoms with Crippen molar-refractivity contribution in [3.63, 3.8) is 0 Å². The Balaban J connectivity index is 2.68. The van der Waals surface area contributed by atoms with E-state index in [9.17, 15) is 31.5 Å². The second-order valence-corrected chi connectivity index (χ2v) is 6.16. The first-order valence-corrected chi connectivity index (χ1v) is 7.79. The summed E-state index contributed by atoms with van der Waals surface area (Å²) in [4.78, 5) is 10.9. The molecule has 0 fully saturated rings. The quantitative estimate of drug-likeness (QED) is 0.870. The molecule has 0 radical (unpaired) electrons. The lowest BCUT2D eigenvalue weighted by Gasteiger charge is -2.15. The lowest BCUT2D eigenvalue weighted by Crippen LogP contribution is -2.18. The molecule has 0 aliphatic rings. The number of rotatable bonds is 4. The molecular formula is C14H10F3NO5S. The van der Waals surface area contributed by atoms with Crippen molar-refractivity contribution in [2.45, 2.75) is 11.3 Å². The summed E-state index contributed by atoms with van der Waals surface area (Å²) in [5.74, 6) is -2.15. The van der Waals surface area contributed by atoms with Crippen LogP contribution in [0.2, 0.25) is 0 Å². The summed E-state index contributed by atoms with van der Waals surface area (Å²) >= 11 is 0. The van der Waals surface area contributed by atoms with E-state index in [2.05, 4.69) is 4.74 Å². The first-order chi connectivity index (χ1) is 11.0. The normalized spacial score (nSPS) is 12.0. The number of aromatic carboxylic acids is 1. The lowest BCUT2D eigenvalue weighted by atomic mass is 9.99. The van der Waals surface area contributed by atoms with E-state index in [-0.39, 0.29) is 11.1 Å². The van der Waals surface area contributed by atoms with E-state index in [1.54, 1.807) is 0 Å². The van der Waals surface area contributed by atoms with Gasteiger partial charge >= 0.3 is 12.3 Å². The molecule has 0 saturated heterocycles. The fourth-order valence-electron chi connectivity index (χ4n) is 2.01. The van der Waals surface area contributed by atoms with Gasteiger partial charge in [-0.15, -0.1) is 13.2 Å². The molecule has 0 spiro atoms. The third-order valence-corrected chi connectivity index (χ3v) is 3.86. The van der Waals surface area contributed by atoms with Gasteiger partial charge in [-0.3, -0.25) is 0 Å². The van der Waals surface area contributed by atoms with E-state index in [4.69, 9.17) is 5.14 Å². The Kier molecular flexibility index (Phi) is 4.54. The molecule has 0 aliphatic carbocycles. The van der Waals surface area contributed by atoms with Gasteiger partial charge in [-0.25, -0.2) is 18.4 Å². The first-order valence-electron chi connectivity index (χ1n) is 6.24. The molecule has 128 valence electrons. The maximum absolute atomic E-state index is 12.5. The van der Waals surface area contributed by atoms with Crippen molar-refractivity contribution in [2.24, 2.45) is 5.14 Å². The summed E-state index contributed by atoms with van der Waals surface area (Å²) in [5.41, 5.74) is -0.831. The van der Waals surface area contributed by atoms with Gasteiger partial charge in [0.25, 0.3) is 0 Å². The van der Waals surface area contributed by atoms with Crippen LogP contribution in [0.5, 0.6) is 5.75 Å². The standard InChI is InChI=1S/C14H10F3NO5S/c15-14(16,17)23-12-4-2-1-3-10(12)9-6-5-8(24(18,21)22)7-11(9)13(19)20/h1-7H,(H,19,20)(H2,18,21,22). The number of ether oxygens (including phenoxy) is 1. The van der Waals surface area contributed by atoms with E-state index in [1.165, 1.54) is 18.2 Å². The molecule has 24 heavy (non-hydrogen) atoms. The van der Waals surface area contributed by atoms with E-state index in [0.717, 1.165) is 24.3 Å². The molecule has 2 rings (SSSR count). The van der Waals surface area contributed by atoms with Crippen LogP contribution in [0.25, 0.3) is 11.1 Å². The highest BCUT2D eigenvalue weighted by Gasteiger charge is 2.32. The van der Waals surface area contributed by atoms with Crippen LogP contribution in [-0.4, -0.2) is 25.9 Å². The Morgan fingerprint density at radius 3 is 2.25 bits per heavy atom. The molecule has 0 saturated carbocycles. The molecule has 0 heterocycles. The molecular weight excluding hydrogens is 351 g/mol. The highest BCUT2D eigenvalue weighted by atomic mass is 32.2. The van der Waals surface area contributed by atoms with Crippen molar-refractivity contribution in [1.29, 1.82) is 0 Å². The van der Waals surface area contributed by atoms with E-state index >= 15 is 0 Å². The Labute approximate surface area is 134 Å². The van der Waals surface area contributed by atoms with Gasteiger partial charge in [-0.05, 0) is 23.8 Å². The molecule has 0 aliphatic heterocycles. The number of benzene rings is 2. The number of para-hydroxylation sites is 1. The molecule has 0 bridgehead atoms. The molecule has 6 nitrogen and oxygen atoms in total. The first kappa shape index (κ1) is 17.8. The van der Waals surface area contributed by atoms with Gasteiger partial charge in [0, 0.05) is 5.56 Å². The van der Waals surface area contributed by atoms with Crippen LogP contribution in [0.15, 0.2) is 47.4 Å². The zero-order chi connectivity index (χ0) is 18.1. The molecule has 2 aromatic carbocycles. The maximum atomic E-state index is 12.5. The van der Waals surface area contributed by atoms with Gasteiger partial charge in [0.2, 0.25) is 10.0 Å². The van der Waals surface area contributed by atoms with Crippen molar-refractivity contribution in [1.82, 2.24) is 0 Å². The van der Waals surface area contributed by atoms with Gasteiger partial charge in [0.15, 0.2) is 0 Å². The second-order valence-electron chi connectivity index (χ2n) is 4.60.